The highest BCUT2D eigenvalue weighted by molar-refractivity contribution is 6.32. The molecule has 1 aliphatic heterocycles. The third kappa shape index (κ3) is 4.21. The molecule has 7 heteroatoms. The summed E-state index contributed by atoms with van der Waals surface area (Å²) in [6.07, 6.45) is 1.59. The first-order valence-corrected chi connectivity index (χ1v) is 8.62. The van der Waals surface area contributed by atoms with E-state index in [0.717, 1.165) is 31.9 Å². The summed E-state index contributed by atoms with van der Waals surface area (Å²) in [7, 11) is 0. The van der Waals surface area contributed by atoms with E-state index < -0.39 is 0 Å². The lowest BCUT2D eigenvalue weighted by atomic mass is 10.2. The van der Waals surface area contributed by atoms with Gasteiger partial charge in [-0.2, -0.15) is 0 Å². The number of nitrogens with zero attached hydrogens (tertiary/aromatic N) is 3. The smallest absolute Gasteiger partial charge is 0.241 e. The van der Waals surface area contributed by atoms with E-state index in [9.17, 15) is 9.90 Å². The molecule has 0 spiro atoms. The fourth-order valence-corrected chi connectivity index (χ4v) is 3.08. The molecule has 3 rings (SSSR count). The minimum Gasteiger partial charge on any atom is -0.508 e. The van der Waals surface area contributed by atoms with Crippen LogP contribution >= 0.6 is 11.6 Å². The molecular weight excluding hydrogens is 340 g/mol. The number of rotatable bonds is 4. The van der Waals surface area contributed by atoms with Crippen LogP contribution in [-0.2, 0) is 4.79 Å². The summed E-state index contributed by atoms with van der Waals surface area (Å²) in [6.45, 7) is 5.13. The van der Waals surface area contributed by atoms with E-state index in [1.807, 2.05) is 19.1 Å². The Morgan fingerprint density at radius 3 is 2.52 bits per heavy atom. The molecule has 0 saturated carbocycles. The van der Waals surface area contributed by atoms with Gasteiger partial charge in [-0.3, -0.25) is 9.69 Å². The van der Waals surface area contributed by atoms with Gasteiger partial charge in [0.2, 0.25) is 5.91 Å². The van der Waals surface area contributed by atoms with Crippen LogP contribution < -0.4 is 10.2 Å². The molecule has 2 N–H and O–H groups in total. The quantitative estimate of drug-likeness (QED) is 0.820. The van der Waals surface area contributed by atoms with Crippen molar-refractivity contribution in [3.8, 4) is 5.75 Å². The Morgan fingerprint density at radius 1 is 1.20 bits per heavy atom. The first-order chi connectivity index (χ1) is 12.0. The van der Waals surface area contributed by atoms with Crippen LogP contribution in [0, 0.1) is 0 Å². The predicted octanol–water partition coefficient (Wildman–Crippen LogP) is 2.59. The number of carbonyl (C=O) groups excluding carboxylic acids is 1. The molecule has 6 nitrogen and oxygen atoms in total. The lowest BCUT2D eigenvalue weighted by molar-refractivity contribution is -0.120. The lowest BCUT2D eigenvalue weighted by Crippen LogP contribution is -2.52. The zero-order chi connectivity index (χ0) is 17.8. The fraction of sp³-hybridized carbons (Fsp3) is 0.333. The monoisotopic (exact) mass is 360 g/mol. The second kappa shape index (κ2) is 7.72. The van der Waals surface area contributed by atoms with Gasteiger partial charge in [0.25, 0.3) is 0 Å². The Bertz CT molecular complexity index is 730. The van der Waals surface area contributed by atoms with E-state index in [-0.39, 0.29) is 17.7 Å². The van der Waals surface area contributed by atoms with E-state index in [1.54, 1.807) is 30.5 Å². The molecule has 1 atom stereocenters. The van der Waals surface area contributed by atoms with Crippen molar-refractivity contribution in [1.29, 1.82) is 0 Å². The van der Waals surface area contributed by atoms with Crippen LogP contribution in [0.4, 0.5) is 11.4 Å². The summed E-state index contributed by atoms with van der Waals surface area (Å²) in [5, 5.41) is 12.5. The van der Waals surface area contributed by atoms with Crippen molar-refractivity contribution >= 4 is 28.9 Å². The standard InChI is InChI=1S/C18H21ClN4O2/c1-13(18(25)21-16-3-2-8-20-17(16)19)22-9-11-23(12-10-22)14-4-6-15(24)7-5-14/h2-8,13,24H,9-12H2,1H3,(H,21,25)/t13-/m1/s1. The molecule has 1 saturated heterocycles. The van der Waals surface area contributed by atoms with Gasteiger partial charge in [-0.05, 0) is 43.3 Å². The molecule has 1 aliphatic rings. The number of aromatic nitrogens is 1. The molecule has 0 bridgehead atoms. The van der Waals surface area contributed by atoms with E-state index in [0.29, 0.717) is 10.8 Å². The molecule has 1 aromatic heterocycles. The van der Waals surface area contributed by atoms with Crippen LogP contribution in [0.2, 0.25) is 5.15 Å². The number of anilines is 2. The van der Waals surface area contributed by atoms with E-state index in [2.05, 4.69) is 20.1 Å². The first-order valence-electron chi connectivity index (χ1n) is 8.24. The van der Waals surface area contributed by atoms with Crippen LogP contribution in [0.25, 0.3) is 0 Å². The number of piperazine rings is 1. The van der Waals surface area contributed by atoms with Crippen molar-refractivity contribution in [3.05, 3.63) is 47.7 Å². The number of hydrogen-bond donors (Lipinski definition) is 2. The van der Waals surface area contributed by atoms with Crippen molar-refractivity contribution in [2.45, 2.75) is 13.0 Å². The highest BCUT2D eigenvalue weighted by Crippen LogP contribution is 2.21. The van der Waals surface area contributed by atoms with E-state index in [4.69, 9.17) is 11.6 Å². The van der Waals surface area contributed by atoms with Gasteiger partial charge in [-0.15, -0.1) is 0 Å². The van der Waals surface area contributed by atoms with Crippen molar-refractivity contribution in [2.75, 3.05) is 36.4 Å². The van der Waals surface area contributed by atoms with Gasteiger partial charge in [0.1, 0.15) is 5.75 Å². The number of phenols is 1. The van der Waals surface area contributed by atoms with Crippen LogP contribution in [-0.4, -0.2) is 53.1 Å². The number of phenolic OH excluding ortho intramolecular Hbond substituents is 1. The number of nitrogens with one attached hydrogen (secondary N) is 1. The molecule has 0 unspecified atom stereocenters. The average Bonchev–Trinajstić information content (AvgIpc) is 2.64. The number of carbonyl (C=O) groups is 1. The molecule has 25 heavy (non-hydrogen) atoms. The van der Waals surface area contributed by atoms with Gasteiger partial charge in [-0.25, -0.2) is 4.98 Å². The lowest BCUT2D eigenvalue weighted by Gasteiger charge is -2.38. The number of hydrogen-bond acceptors (Lipinski definition) is 5. The number of aromatic hydroxyl groups is 1. The average molecular weight is 361 g/mol. The van der Waals surface area contributed by atoms with Gasteiger partial charge in [-0.1, -0.05) is 11.6 Å². The predicted molar refractivity (Wildman–Crippen MR) is 99.2 cm³/mol. The molecule has 0 aliphatic carbocycles. The summed E-state index contributed by atoms with van der Waals surface area (Å²) in [6, 6.07) is 10.4. The topological polar surface area (TPSA) is 68.7 Å². The number of benzene rings is 1. The van der Waals surface area contributed by atoms with Crippen LogP contribution in [0.15, 0.2) is 42.6 Å². The summed E-state index contributed by atoms with van der Waals surface area (Å²) >= 11 is 5.99. The highest BCUT2D eigenvalue weighted by Gasteiger charge is 2.26. The zero-order valence-corrected chi connectivity index (χ0v) is 14.8. The van der Waals surface area contributed by atoms with Gasteiger partial charge in [0, 0.05) is 38.1 Å². The molecule has 1 aromatic carbocycles. The van der Waals surface area contributed by atoms with Gasteiger partial charge in [0.15, 0.2) is 5.15 Å². The normalized spacial score (nSPS) is 16.5. The minimum absolute atomic E-state index is 0.0898. The molecule has 1 amide bonds. The van der Waals surface area contributed by atoms with Crippen LogP contribution in [0.1, 0.15) is 6.92 Å². The van der Waals surface area contributed by atoms with Gasteiger partial charge < -0.3 is 15.3 Å². The minimum atomic E-state index is -0.252. The fourth-order valence-electron chi connectivity index (χ4n) is 2.91. The molecule has 0 radical (unpaired) electrons. The Kier molecular flexibility index (Phi) is 5.40. The molecular formula is C18H21ClN4O2. The van der Waals surface area contributed by atoms with Gasteiger partial charge in [0.05, 0.1) is 11.7 Å². The van der Waals surface area contributed by atoms with Crippen LogP contribution in [0.3, 0.4) is 0 Å². The second-order valence-electron chi connectivity index (χ2n) is 6.05. The summed E-state index contributed by atoms with van der Waals surface area (Å²) < 4.78 is 0. The largest absolute Gasteiger partial charge is 0.508 e. The maximum Gasteiger partial charge on any atom is 0.241 e. The van der Waals surface area contributed by atoms with Crippen molar-refractivity contribution < 1.29 is 9.90 Å². The van der Waals surface area contributed by atoms with Crippen molar-refractivity contribution in [3.63, 3.8) is 0 Å². The first kappa shape index (κ1) is 17.5. The Labute approximate surface area is 152 Å². The third-order valence-corrected chi connectivity index (χ3v) is 4.77. The van der Waals surface area contributed by atoms with E-state index in [1.165, 1.54) is 0 Å². The third-order valence-electron chi connectivity index (χ3n) is 4.47. The molecule has 132 valence electrons. The SMILES string of the molecule is C[C@H](C(=O)Nc1cccnc1Cl)N1CCN(c2ccc(O)cc2)CC1. The van der Waals surface area contributed by atoms with Gasteiger partial charge >= 0.3 is 0 Å². The maximum absolute atomic E-state index is 12.5. The highest BCUT2D eigenvalue weighted by atomic mass is 35.5. The number of pyridine rings is 1. The van der Waals surface area contributed by atoms with Crippen molar-refractivity contribution in [2.24, 2.45) is 0 Å². The zero-order valence-electron chi connectivity index (χ0n) is 14.0. The summed E-state index contributed by atoms with van der Waals surface area (Å²) in [5.41, 5.74) is 1.61. The summed E-state index contributed by atoms with van der Waals surface area (Å²) in [4.78, 5) is 20.8. The van der Waals surface area contributed by atoms with E-state index >= 15 is 0 Å². The number of halogens is 1. The Morgan fingerprint density at radius 2 is 1.88 bits per heavy atom. The number of amides is 1. The Balaban J connectivity index is 1.56. The van der Waals surface area contributed by atoms with Crippen LogP contribution in [0.5, 0.6) is 5.75 Å². The molecule has 2 aromatic rings. The second-order valence-corrected chi connectivity index (χ2v) is 6.40. The summed E-state index contributed by atoms with van der Waals surface area (Å²) in [5.74, 6) is 0.176. The molecule has 1 fully saturated rings. The molecule has 2 heterocycles. The Hall–Kier alpha value is -2.31. The maximum atomic E-state index is 12.5. The van der Waals surface area contributed by atoms with Crippen molar-refractivity contribution in [1.82, 2.24) is 9.88 Å².